The molecule has 0 amide bonds. The normalized spacial score (nSPS) is 14.3. The van der Waals surface area contributed by atoms with Gasteiger partial charge in [0, 0.05) is 12.4 Å². The molecule has 2 heterocycles. The lowest BCUT2D eigenvalue weighted by Gasteiger charge is -2.29. The van der Waals surface area contributed by atoms with Crippen molar-refractivity contribution in [3.63, 3.8) is 0 Å². The molecule has 0 spiro atoms. The van der Waals surface area contributed by atoms with Crippen molar-refractivity contribution < 1.29 is 52.7 Å². The van der Waals surface area contributed by atoms with E-state index in [0.29, 0.717) is 21.5 Å². The lowest BCUT2D eigenvalue weighted by molar-refractivity contribution is -0.142. The Hall–Kier alpha value is -4.15. The zero-order valence-electron chi connectivity index (χ0n) is 22.2. The highest BCUT2D eigenvalue weighted by molar-refractivity contribution is 7.99. The summed E-state index contributed by atoms with van der Waals surface area (Å²) in [5.74, 6) is 0. The molecule has 0 radical (unpaired) electrons. The van der Waals surface area contributed by atoms with Crippen LogP contribution in [0.15, 0.2) is 74.1 Å². The van der Waals surface area contributed by atoms with Gasteiger partial charge in [0.1, 0.15) is 10.5 Å². The summed E-state index contributed by atoms with van der Waals surface area (Å²) in [5, 5.41) is 0.770. The maximum absolute atomic E-state index is 14.6. The molecule has 45 heavy (non-hydrogen) atoms. The summed E-state index contributed by atoms with van der Waals surface area (Å²) in [4.78, 5) is 0. The lowest BCUT2D eigenvalue weighted by atomic mass is 10.0. The van der Waals surface area contributed by atoms with Crippen molar-refractivity contribution in [2.75, 3.05) is 0 Å². The van der Waals surface area contributed by atoms with Gasteiger partial charge in [-0.1, -0.05) is 37.4 Å². The van der Waals surface area contributed by atoms with E-state index in [1.165, 1.54) is 0 Å². The van der Waals surface area contributed by atoms with E-state index >= 15 is 0 Å². The van der Waals surface area contributed by atoms with E-state index in [1.807, 2.05) is 0 Å². The second kappa shape index (κ2) is 12.0. The number of nitrogens with zero attached hydrogens (tertiary/aromatic N) is 4. The third-order valence-electron chi connectivity index (χ3n) is 6.30. The first-order valence-electron chi connectivity index (χ1n) is 12.3. The minimum Gasteiger partial charge on any atom is -0.240 e. The van der Waals surface area contributed by atoms with Gasteiger partial charge >= 0.3 is 24.7 Å². The van der Waals surface area contributed by atoms with Crippen LogP contribution in [-0.4, -0.2) is 31.9 Å². The van der Waals surface area contributed by atoms with Crippen molar-refractivity contribution in [3.05, 3.63) is 108 Å². The first-order valence-corrected chi connectivity index (χ1v) is 13.3. The van der Waals surface area contributed by atoms with Gasteiger partial charge in [-0.25, -0.2) is 9.36 Å². The van der Waals surface area contributed by atoms with Crippen molar-refractivity contribution in [3.8, 4) is 11.4 Å². The van der Waals surface area contributed by atoms with Gasteiger partial charge in [0.25, 0.3) is 0 Å². The molecular weight excluding hydrogens is 652 g/mol. The van der Waals surface area contributed by atoms with Crippen LogP contribution in [0.25, 0.3) is 23.5 Å². The van der Waals surface area contributed by atoms with Crippen molar-refractivity contribution >= 4 is 23.9 Å². The minimum atomic E-state index is -5.35. The summed E-state index contributed by atoms with van der Waals surface area (Å²) in [6, 6.07) is 6.97. The Morgan fingerprint density at radius 2 is 0.933 bits per heavy atom. The Kier molecular flexibility index (Phi) is 8.98. The fourth-order valence-electron chi connectivity index (χ4n) is 4.26. The molecule has 2 aromatic carbocycles. The number of hydrogen-bond acceptors (Lipinski definition) is 3. The van der Waals surface area contributed by atoms with Crippen molar-refractivity contribution in [1.29, 1.82) is 0 Å². The van der Waals surface area contributed by atoms with E-state index in [4.69, 9.17) is 0 Å². The maximum atomic E-state index is 14.6. The van der Waals surface area contributed by atoms with E-state index in [1.54, 1.807) is 0 Å². The highest BCUT2D eigenvalue weighted by Gasteiger charge is 2.51. The predicted molar refractivity (Wildman–Crippen MR) is 142 cm³/mol. The molecule has 0 N–H and O–H groups in total. The number of hydrogen-bond donors (Lipinski definition) is 0. The number of benzene rings is 2. The van der Waals surface area contributed by atoms with Crippen LogP contribution in [-0.2, 0) is 12.4 Å². The molecular formula is C28H18F12N4S. The molecule has 0 saturated carbocycles. The molecule has 240 valence electrons. The van der Waals surface area contributed by atoms with E-state index in [-0.39, 0.29) is 22.5 Å². The number of alkyl halides is 12. The Labute approximate surface area is 250 Å². The summed E-state index contributed by atoms with van der Waals surface area (Å²) < 4.78 is 167. The topological polar surface area (TPSA) is 35.6 Å². The number of rotatable bonds is 8. The Bertz CT molecular complexity index is 1570. The number of thioether (sulfide) groups is 1. The van der Waals surface area contributed by atoms with Crippen molar-refractivity contribution in [1.82, 2.24) is 19.6 Å². The van der Waals surface area contributed by atoms with Crippen LogP contribution in [0.3, 0.4) is 0 Å². The first kappa shape index (κ1) is 33.7. The monoisotopic (exact) mass is 670 g/mol. The zero-order chi connectivity index (χ0) is 33.5. The van der Waals surface area contributed by atoms with Gasteiger partial charge in [-0.05, 0) is 58.7 Å². The standard InChI is InChI=1S/C28H18F12N4S/c1-3-15-5-7-17(43-11-9-21(41-43)25(29,30)31)13-19(15)23(27(35,36)37)45-24(28(38,39)40)20-14-18(8-6-16(20)4-2)44-12-10-22(42-44)26(32,33)34/h3-14,23-24H,1-2H2. The second-order valence-electron chi connectivity index (χ2n) is 9.30. The summed E-state index contributed by atoms with van der Waals surface area (Å²) >= 11 is -0.569. The summed E-state index contributed by atoms with van der Waals surface area (Å²) in [6.45, 7) is 6.80. The highest BCUT2D eigenvalue weighted by Crippen LogP contribution is 2.56. The van der Waals surface area contributed by atoms with Crippen LogP contribution < -0.4 is 0 Å². The van der Waals surface area contributed by atoms with E-state index in [9.17, 15) is 52.7 Å². The molecule has 17 heteroatoms. The average Bonchev–Trinajstić information content (AvgIpc) is 3.62. The summed E-state index contributed by atoms with van der Waals surface area (Å²) in [6.07, 6.45) is -16.9. The van der Waals surface area contributed by atoms with Crippen molar-refractivity contribution in [2.24, 2.45) is 0 Å². The molecule has 2 unspecified atom stereocenters. The number of halogens is 12. The van der Waals surface area contributed by atoms with Gasteiger partial charge in [-0.3, -0.25) is 0 Å². The molecule has 2 aromatic heterocycles. The van der Waals surface area contributed by atoms with Gasteiger partial charge < -0.3 is 0 Å². The van der Waals surface area contributed by atoms with Gasteiger partial charge in [0.05, 0.1) is 11.4 Å². The Morgan fingerprint density at radius 1 is 0.578 bits per heavy atom. The molecule has 4 nitrogen and oxygen atoms in total. The summed E-state index contributed by atoms with van der Waals surface area (Å²) in [7, 11) is 0. The average molecular weight is 671 g/mol. The first-order chi connectivity index (χ1) is 20.7. The van der Waals surface area contributed by atoms with Crippen LogP contribution >= 0.6 is 11.8 Å². The molecule has 0 aliphatic carbocycles. The molecule has 2 atom stereocenters. The molecule has 4 aromatic rings. The third kappa shape index (κ3) is 7.40. The minimum absolute atomic E-state index is 0.258. The van der Waals surface area contributed by atoms with Gasteiger partial charge in [0.2, 0.25) is 0 Å². The fourth-order valence-corrected chi connectivity index (χ4v) is 5.54. The Morgan fingerprint density at radius 3 is 1.20 bits per heavy atom. The molecule has 0 bridgehead atoms. The molecule has 0 aliphatic heterocycles. The van der Waals surface area contributed by atoms with E-state index < -0.39 is 69.5 Å². The largest absolute Gasteiger partial charge is 0.435 e. The maximum Gasteiger partial charge on any atom is 0.435 e. The molecule has 0 saturated heterocycles. The van der Waals surface area contributed by atoms with Crippen LogP contribution in [0.1, 0.15) is 44.1 Å². The van der Waals surface area contributed by atoms with Crippen LogP contribution in [0, 0.1) is 0 Å². The zero-order valence-corrected chi connectivity index (χ0v) is 23.0. The van der Waals surface area contributed by atoms with Gasteiger partial charge in [0.15, 0.2) is 11.4 Å². The third-order valence-corrected chi connectivity index (χ3v) is 7.89. The SMILES string of the molecule is C=Cc1ccc(-n2ccc(C(F)(F)F)n2)cc1C(SC(c1cc(-n2ccc(C(F)(F)F)n2)ccc1C=C)C(F)(F)F)C(F)(F)F. The molecule has 4 rings (SSSR count). The van der Waals surface area contributed by atoms with E-state index in [0.717, 1.165) is 60.9 Å². The lowest BCUT2D eigenvalue weighted by Crippen LogP contribution is -2.26. The van der Waals surface area contributed by atoms with E-state index in [2.05, 4.69) is 23.4 Å². The molecule has 0 fully saturated rings. The second-order valence-corrected chi connectivity index (χ2v) is 10.5. The summed E-state index contributed by atoms with van der Waals surface area (Å²) in [5.41, 5.74) is -5.35. The fraction of sp³-hybridized carbons (Fsp3) is 0.214. The van der Waals surface area contributed by atoms with Crippen LogP contribution in [0.4, 0.5) is 52.7 Å². The van der Waals surface area contributed by atoms with Gasteiger partial charge in [-0.2, -0.15) is 62.9 Å². The quantitative estimate of drug-likeness (QED) is 0.175. The van der Waals surface area contributed by atoms with Crippen LogP contribution in [0.5, 0.6) is 0 Å². The number of aromatic nitrogens is 4. The highest BCUT2D eigenvalue weighted by atomic mass is 32.2. The Balaban J connectivity index is 1.85. The van der Waals surface area contributed by atoms with Crippen LogP contribution in [0.2, 0.25) is 0 Å². The van der Waals surface area contributed by atoms with Gasteiger partial charge in [-0.15, -0.1) is 11.8 Å². The van der Waals surface area contributed by atoms with Crippen molar-refractivity contribution in [2.45, 2.75) is 35.2 Å². The molecule has 0 aliphatic rings. The smallest absolute Gasteiger partial charge is 0.240 e. The predicted octanol–water partition coefficient (Wildman–Crippen LogP) is 10.0.